The van der Waals surface area contributed by atoms with Crippen LogP contribution in [-0.4, -0.2) is 21.9 Å². The fraction of sp³-hybridized carbons (Fsp3) is 0.455. The van der Waals surface area contributed by atoms with Crippen molar-refractivity contribution in [2.75, 3.05) is 0 Å². The van der Waals surface area contributed by atoms with Gasteiger partial charge in [0.15, 0.2) is 0 Å². The van der Waals surface area contributed by atoms with Gasteiger partial charge < -0.3 is 5.32 Å². The maximum absolute atomic E-state index is 11.9. The van der Waals surface area contributed by atoms with Crippen molar-refractivity contribution in [1.82, 2.24) is 10.3 Å². The van der Waals surface area contributed by atoms with Crippen molar-refractivity contribution in [2.45, 2.75) is 32.7 Å². The van der Waals surface area contributed by atoms with Crippen LogP contribution in [-0.2, 0) is 0 Å². The van der Waals surface area contributed by atoms with E-state index in [0.717, 1.165) is 19.0 Å². The van der Waals surface area contributed by atoms with Crippen LogP contribution in [0, 0.1) is 10.1 Å². The number of nitrogens with one attached hydrogen (secondary N) is 1. The average molecular weight is 272 g/mol. The number of pyridine rings is 1. The zero-order valence-corrected chi connectivity index (χ0v) is 10.9. The molecule has 1 rings (SSSR count). The van der Waals surface area contributed by atoms with E-state index < -0.39 is 10.8 Å². The highest BCUT2D eigenvalue weighted by molar-refractivity contribution is 6.29. The van der Waals surface area contributed by atoms with E-state index in [9.17, 15) is 14.9 Å². The van der Waals surface area contributed by atoms with Crippen LogP contribution in [0.25, 0.3) is 0 Å². The Morgan fingerprint density at radius 2 is 2.17 bits per heavy atom. The van der Waals surface area contributed by atoms with Gasteiger partial charge in [0.05, 0.1) is 4.92 Å². The maximum Gasteiger partial charge on any atom is 0.300 e. The van der Waals surface area contributed by atoms with Gasteiger partial charge in [0.1, 0.15) is 16.9 Å². The maximum atomic E-state index is 11.9. The van der Waals surface area contributed by atoms with E-state index in [1.54, 1.807) is 0 Å². The van der Waals surface area contributed by atoms with E-state index in [-0.39, 0.29) is 22.4 Å². The van der Waals surface area contributed by atoms with Crippen LogP contribution in [0.5, 0.6) is 0 Å². The van der Waals surface area contributed by atoms with Gasteiger partial charge >= 0.3 is 0 Å². The Hall–Kier alpha value is -1.69. The molecular formula is C11H14ClN3O3. The van der Waals surface area contributed by atoms with Crippen molar-refractivity contribution in [3.8, 4) is 0 Å². The molecule has 0 aliphatic rings. The van der Waals surface area contributed by atoms with Crippen molar-refractivity contribution in [2.24, 2.45) is 0 Å². The van der Waals surface area contributed by atoms with Crippen LogP contribution in [0.3, 0.4) is 0 Å². The minimum atomic E-state index is -0.648. The lowest BCUT2D eigenvalue weighted by molar-refractivity contribution is -0.385. The second-order valence-corrected chi connectivity index (χ2v) is 4.16. The molecule has 1 aromatic heterocycles. The first kappa shape index (κ1) is 14.4. The number of nitro groups is 1. The molecule has 0 bridgehead atoms. The molecule has 6 nitrogen and oxygen atoms in total. The van der Waals surface area contributed by atoms with Crippen LogP contribution in [0.15, 0.2) is 12.3 Å². The Labute approximate surface area is 110 Å². The monoisotopic (exact) mass is 271 g/mol. The summed E-state index contributed by atoms with van der Waals surface area (Å²) in [6, 6.07) is 1.20. The summed E-state index contributed by atoms with van der Waals surface area (Å²) in [5.74, 6) is -0.500. The first-order chi connectivity index (χ1) is 8.49. The number of amides is 1. The van der Waals surface area contributed by atoms with Gasteiger partial charge in [-0.15, -0.1) is 0 Å². The summed E-state index contributed by atoms with van der Waals surface area (Å²) in [5.41, 5.74) is -0.408. The highest BCUT2D eigenvalue weighted by Crippen LogP contribution is 2.20. The number of carbonyl (C=O) groups excluding carboxylic acids is 1. The van der Waals surface area contributed by atoms with Crippen LogP contribution in [0.1, 0.15) is 37.0 Å². The van der Waals surface area contributed by atoms with E-state index >= 15 is 0 Å². The fourth-order valence-electron chi connectivity index (χ4n) is 1.51. The van der Waals surface area contributed by atoms with Gasteiger partial charge in [-0.25, -0.2) is 4.98 Å². The van der Waals surface area contributed by atoms with E-state index in [4.69, 9.17) is 11.6 Å². The third-order valence-corrected chi connectivity index (χ3v) is 2.82. The lowest BCUT2D eigenvalue weighted by Gasteiger charge is -2.14. The summed E-state index contributed by atoms with van der Waals surface area (Å²) in [6.45, 7) is 3.87. The SMILES string of the molecule is CCC(CC)NC(=O)c1cc(Cl)ncc1[N+](=O)[O-]. The van der Waals surface area contributed by atoms with Crippen molar-refractivity contribution in [3.63, 3.8) is 0 Å². The number of carbonyl (C=O) groups is 1. The predicted octanol–water partition coefficient (Wildman–Crippen LogP) is 2.56. The van der Waals surface area contributed by atoms with E-state index in [1.807, 2.05) is 13.8 Å². The molecule has 18 heavy (non-hydrogen) atoms. The molecule has 0 atom stereocenters. The van der Waals surface area contributed by atoms with Crippen LogP contribution in [0.2, 0.25) is 5.15 Å². The van der Waals surface area contributed by atoms with Crippen molar-refractivity contribution < 1.29 is 9.72 Å². The van der Waals surface area contributed by atoms with Gasteiger partial charge in [0, 0.05) is 6.04 Å². The summed E-state index contributed by atoms with van der Waals surface area (Å²) >= 11 is 5.66. The molecule has 0 unspecified atom stereocenters. The molecule has 0 saturated heterocycles. The molecule has 0 aromatic carbocycles. The van der Waals surface area contributed by atoms with Crippen molar-refractivity contribution in [1.29, 1.82) is 0 Å². The number of aromatic nitrogens is 1. The summed E-state index contributed by atoms with van der Waals surface area (Å²) in [6.07, 6.45) is 2.51. The molecule has 1 N–H and O–H groups in total. The highest BCUT2D eigenvalue weighted by atomic mass is 35.5. The van der Waals surface area contributed by atoms with Crippen molar-refractivity contribution in [3.05, 3.63) is 33.1 Å². The molecule has 1 aromatic rings. The molecule has 1 amide bonds. The second kappa shape index (κ2) is 6.30. The zero-order valence-electron chi connectivity index (χ0n) is 10.1. The lowest BCUT2D eigenvalue weighted by atomic mass is 10.1. The van der Waals surface area contributed by atoms with Gasteiger partial charge in [-0.3, -0.25) is 14.9 Å². The number of rotatable bonds is 5. The molecule has 0 spiro atoms. The minimum Gasteiger partial charge on any atom is -0.349 e. The topological polar surface area (TPSA) is 85.1 Å². The second-order valence-electron chi connectivity index (χ2n) is 3.77. The highest BCUT2D eigenvalue weighted by Gasteiger charge is 2.22. The number of hydrogen-bond acceptors (Lipinski definition) is 4. The van der Waals surface area contributed by atoms with Gasteiger partial charge in [-0.05, 0) is 18.9 Å². The average Bonchev–Trinajstić information content (AvgIpc) is 2.35. The molecule has 1 heterocycles. The first-order valence-electron chi connectivity index (χ1n) is 5.60. The van der Waals surface area contributed by atoms with Gasteiger partial charge in [-0.2, -0.15) is 0 Å². The van der Waals surface area contributed by atoms with Gasteiger partial charge in [-0.1, -0.05) is 25.4 Å². The Balaban J connectivity index is 3.03. The molecule has 7 heteroatoms. The van der Waals surface area contributed by atoms with Crippen LogP contribution >= 0.6 is 11.6 Å². The first-order valence-corrected chi connectivity index (χ1v) is 5.98. The molecule has 98 valence electrons. The molecular weight excluding hydrogens is 258 g/mol. The van der Waals surface area contributed by atoms with E-state index in [0.29, 0.717) is 0 Å². The standard InChI is InChI=1S/C11H14ClN3O3/c1-3-7(4-2)14-11(16)8-5-10(12)13-6-9(8)15(17)18/h5-7H,3-4H2,1-2H3,(H,14,16). The smallest absolute Gasteiger partial charge is 0.300 e. The lowest BCUT2D eigenvalue weighted by Crippen LogP contribution is -2.34. The fourth-order valence-corrected chi connectivity index (χ4v) is 1.66. The minimum absolute atomic E-state index is 0.0101. The summed E-state index contributed by atoms with van der Waals surface area (Å²) < 4.78 is 0. The number of hydrogen-bond donors (Lipinski definition) is 1. The van der Waals surface area contributed by atoms with Crippen LogP contribution in [0.4, 0.5) is 5.69 Å². The quantitative estimate of drug-likeness (QED) is 0.507. The summed E-state index contributed by atoms with van der Waals surface area (Å²) in [4.78, 5) is 25.7. The Kier molecular flexibility index (Phi) is 5.03. The van der Waals surface area contributed by atoms with Crippen molar-refractivity contribution >= 4 is 23.2 Å². The molecule has 0 radical (unpaired) electrons. The number of halogens is 1. The van der Waals surface area contributed by atoms with Crippen LogP contribution < -0.4 is 5.32 Å². The number of nitrogens with zero attached hydrogens (tertiary/aromatic N) is 2. The van der Waals surface area contributed by atoms with Gasteiger partial charge in [0.2, 0.25) is 0 Å². The molecule has 0 aliphatic carbocycles. The largest absolute Gasteiger partial charge is 0.349 e. The van der Waals surface area contributed by atoms with E-state index in [1.165, 1.54) is 6.07 Å². The van der Waals surface area contributed by atoms with E-state index in [2.05, 4.69) is 10.3 Å². The normalized spacial score (nSPS) is 10.4. The zero-order chi connectivity index (χ0) is 13.7. The third kappa shape index (κ3) is 3.40. The van der Waals surface area contributed by atoms with Gasteiger partial charge in [0.25, 0.3) is 11.6 Å². The molecule has 0 aliphatic heterocycles. The third-order valence-electron chi connectivity index (χ3n) is 2.61. The summed E-state index contributed by atoms with van der Waals surface area (Å²) in [5, 5.41) is 13.6. The Morgan fingerprint density at radius 3 is 2.67 bits per heavy atom. The molecule has 0 saturated carbocycles. The Morgan fingerprint density at radius 1 is 1.56 bits per heavy atom. The summed E-state index contributed by atoms with van der Waals surface area (Å²) in [7, 11) is 0. The Bertz CT molecular complexity index is 461. The predicted molar refractivity (Wildman–Crippen MR) is 67.7 cm³/mol. The molecule has 0 fully saturated rings.